The highest BCUT2D eigenvalue weighted by atomic mass is 32.2. The van der Waals surface area contributed by atoms with Crippen molar-refractivity contribution in [1.29, 1.82) is 0 Å². The molecule has 1 heterocycles. The summed E-state index contributed by atoms with van der Waals surface area (Å²) in [5, 5.41) is 2.57. The standard InChI is InChI=1S/C56H39NS/c1-55(2)47-19-9-6-16-43(47)46-32-30-41(35-51(46)55)57(39-14-4-3-5-15-39)40-28-24-36(25-29-40)37-26-31-42-38(34-37)27-33-53-54(42)56(50-22-12-13-23-52(50)58-53)48-20-10-7-17-44(48)45-18-8-11-21-49(45)56/h3-35H,1-2H3. The number of fused-ring (bicyclic) bond motifs is 14. The molecule has 1 nitrogen and oxygen atoms in total. The molecule has 2 heteroatoms. The average molecular weight is 758 g/mol. The molecule has 0 unspecified atom stereocenters. The molecule has 0 saturated carbocycles. The van der Waals surface area contributed by atoms with Crippen molar-refractivity contribution in [3.05, 3.63) is 234 Å². The highest BCUT2D eigenvalue weighted by molar-refractivity contribution is 7.99. The maximum atomic E-state index is 2.41. The number of para-hydroxylation sites is 1. The summed E-state index contributed by atoms with van der Waals surface area (Å²) < 4.78 is 0. The number of rotatable bonds is 4. The van der Waals surface area contributed by atoms with Crippen molar-refractivity contribution in [3.63, 3.8) is 0 Å². The quantitative estimate of drug-likeness (QED) is 0.176. The molecule has 9 aromatic carbocycles. The van der Waals surface area contributed by atoms with Gasteiger partial charge in [0.15, 0.2) is 0 Å². The molecule has 0 amide bonds. The van der Waals surface area contributed by atoms with Crippen LogP contribution in [0.2, 0.25) is 0 Å². The summed E-state index contributed by atoms with van der Waals surface area (Å²) in [6.45, 7) is 4.71. The van der Waals surface area contributed by atoms with E-state index < -0.39 is 5.41 Å². The number of benzene rings is 9. The van der Waals surface area contributed by atoms with E-state index in [4.69, 9.17) is 0 Å². The van der Waals surface area contributed by atoms with Crippen LogP contribution in [0.3, 0.4) is 0 Å². The van der Waals surface area contributed by atoms with E-state index >= 15 is 0 Å². The molecule has 1 aliphatic heterocycles. The van der Waals surface area contributed by atoms with Gasteiger partial charge in [0.25, 0.3) is 0 Å². The van der Waals surface area contributed by atoms with Gasteiger partial charge < -0.3 is 4.90 Å². The lowest BCUT2D eigenvalue weighted by Crippen LogP contribution is -2.32. The zero-order valence-electron chi connectivity index (χ0n) is 32.4. The van der Waals surface area contributed by atoms with E-state index in [1.54, 1.807) is 0 Å². The zero-order valence-corrected chi connectivity index (χ0v) is 33.2. The van der Waals surface area contributed by atoms with Crippen LogP contribution in [0.1, 0.15) is 47.2 Å². The Morgan fingerprint density at radius 3 is 1.66 bits per heavy atom. The topological polar surface area (TPSA) is 3.24 Å². The van der Waals surface area contributed by atoms with Crippen molar-refractivity contribution in [2.24, 2.45) is 0 Å². The summed E-state index contributed by atoms with van der Waals surface area (Å²) in [7, 11) is 0. The van der Waals surface area contributed by atoms with Gasteiger partial charge in [0, 0.05) is 32.3 Å². The third kappa shape index (κ3) is 4.61. The van der Waals surface area contributed by atoms with Crippen LogP contribution in [0.15, 0.2) is 210 Å². The summed E-state index contributed by atoms with van der Waals surface area (Å²) in [6.07, 6.45) is 0. The van der Waals surface area contributed by atoms with Crippen LogP contribution < -0.4 is 4.90 Å². The van der Waals surface area contributed by atoms with Gasteiger partial charge in [-0.2, -0.15) is 0 Å². The van der Waals surface area contributed by atoms with Crippen LogP contribution in [0, 0.1) is 0 Å². The summed E-state index contributed by atoms with van der Waals surface area (Å²) in [5.74, 6) is 0. The van der Waals surface area contributed by atoms with E-state index in [1.165, 1.54) is 87.3 Å². The predicted molar refractivity (Wildman–Crippen MR) is 243 cm³/mol. The van der Waals surface area contributed by atoms with Crippen molar-refractivity contribution in [2.45, 2.75) is 34.5 Å². The molecular formula is C56H39NS. The minimum Gasteiger partial charge on any atom is -0.310 e. The van der Waals surface area contributed by atoms with Crippen LogP contribution in [0.4, 0.5) is 17.1 Å². The molecule has 58 heavy (non-hydrogen) atoms. The first-order valence-electron chi connectivity index (χ1n) is 20.3. The minimum absolute atomic E-state index is 0.0737. The van der Waals surface area contributed by atoms with Crippen LogP contribution in [0.25, 0.3) is 44.2 Å². The second-order valence-electron chi connectivity index (χ2n) is 16.4. The summed E-state index contributed by atoms with van der Waals surface area (Å²) >= 11 is 1.91. The van der Waals surface area contributed by atoms with Gasteiger partial charge in [-0.25, -0.2) is 0 Å². The number of nitrogens with zero attached hydrogens (tertiary/aromatic N) is 1. The third-order valence-electron chi connectivity index (χ3n) is 13.1. The Kier molecular flexibility index (Phi) is 7.19. The molecule has 1 spiro atoms. The monoisotopic (exact) mass is 757 g/mol. The third-order valence-corrected chi connectivity index (χ3v) is 14.3. The maximum absolute atomic E-state index is 2.41. The van der Waals surface area contributed by atoms with E-state index in [9.17, 15) is 0 Å². The van der Waals surface area contributed by atoms with Gasteiger partial charge >= 0.3 is 0 Å². The lowest BCUT2D eigenvalue weighted by atomic mass is 9.66. The van der Waals surface area contributed by atoms with Gasteiger partial charge in [0.05, 0.1) is 5.41 Å². The molecule has 0 saturated heterocycles. The van der Waals surface area contributed by atoms with Crippen LogP contribution in [-0.4, -0.2) is 0 Å². The molecule has 0 aromatic heterocycles. The van der Waals surface area contributed by atoms with E-state index in [0.717, 1.165) is 17.1 Å². The van der Waals surface area contributed by atoms with Crippen molar-refractivity contribution in [2.75, 3.05) is 4.90 Å². The van der Waals surface area contributed by atoms with Gasteiger partial charge in [0.1, 0.15) is 0 Å². The Labute approximate surface area is 344 Å². The Morgan fingerprint density at radius 1 is 0.379 bits per heavy atom. The highest BCUT2D eigenvalue weighted by Crippen LogP contribution is 2.63. The fourth-order valence-electron chi connectivity index (χ4n) is 10.5. The van der Waals surface area contributed by atoms with Crippen molar-refractivity contribution in [3.8, 4) is 33.4 Å². The molecule has 0 bridgehead atoms. The molecular weight excluding hydrogens is 719 g/mol. The Morgan fingerprint density at radius 2 is 0.931 bits per heavy atom. The lowest BCUT2D eigenvalue weighted by molar-refractivity contribution is 0.660. The van der Waals surface area contributed by atoms with Gasteiger partial charge in [-0.15, -0.1) is 0 Å². The first-order chi connectivity index (χ1) is 28.5. The predicted octanol–water partition coefficient (Wildman–Crippen LogP) is 15.1. The SMILES string of the molecule is CC1(C)c2ccccc2-c2ccc(N(c3ccccc3)c3ccc(-c4ccc5c6c(ccc5c4)Sc4ccccc4C64c5ccccc5-c5ccccc54)cc3)cc21. The Hall–Kier alpha value is -6.61. The molecule has 274 valence electrons. The molecule has 9 aromatic rings. The highest BCUT2D eigenvalue weighted by Gasteiger charge is 2.50. The molecule has 0 fully saturated rings. The van der Waals surface area contributed by atoms with Crippen LogP contribution >= 0.6 is 11.8 Å². The van der Waals surface area contributed by atoms with Gasteiger partial charge in [-0.3, -0.25) is 0 Å². The second kappa shape index (κ2) is 12.4. The minimum atomic E-state index is -0.399. The van der Waals surface area contributed by atoms with Gasteiger partial charge in [-0.05, 0) is 132 Å². The molecule has 0 atom stereocenters. The van der Waals surface area contributed by atoms with Gasteiger partial charge in [0.2, 0.25) is 0 Å². The second-order valence-corrected chi connectivity index (χ2v) is 17.5. The van der Waals surface area contributed by atoms with Crippen LogP contribution in [0.5, 0.6) is 0 Å². The summed E-state index contributed by atoms with van der Waals surface area (Å²) in [4.78, 5) is 5.05. The number of hydrogen-bond donors (Lipinski definition) is 0. The normalized spacial score (nSPS) is 14.6. The van der Waals surface area contributed by atoms with Crippen molar-refractivity contribution >= 4 is 39.6 Å². The molecule has 0 radical (unpaired) electrons. The molecule has 12 rings (SSSR count). The smallest absolute Gasteiger partial charge is 0.0741 e. The summed E-state index contributed by atoms with van der Waals surface area (Å²) in [5.41, 5.74) is 19.0. The number of hydrogen-bond acceptors (Lipinski definition) is 2. The lowest BCUT2D eigenvalue weighted by Gasteiger charge is -2.40. The van der Waals surface area contributed by atoms with E-state index in [-0.39, 0.29) is 5.41 Å². The molecule has 3 aliphatic rings. The zero-order chi connectivity index (χ0) is 38.6. The summed E-state index contributed by atoms with van der Waals surface area (Å²) in [6, 6.07) is 74.8. The van der Waals surface area contributed by atoms with Gasteiger partial charge in [-0.1, -0.05) is 171 Å². The fraction of sp³-hybridized carbons (Fsp3) is 0.0714. The Balaban J connectivity index is 0.972. The first-order valence-corrected chi connectivity index (χ1v) is 21.1. The van der Waals surface area contributed by atoms with E-state index in [2.05, 4.69) is 219 Å². The van der Waals surface area contributed by atoms with Crippen molar-refractivity contribution in [1.82, 2.24) is 0 Å². The van der Waals surface area contributed by atoms with E-state index in [0.29, 0.717) is 0 Å². The first kappa shape index (κ1) is 33.5. The molecule has 0 N–H and O–H groups in total. The average Bonchev–Trinajstić information content (AvgIpc) is 3.69. The van der Waals surface area contributed by atoms with Crippen LogP contribution in [-0.2, 0) is 10.8 Å². The largest absolute Gasteiger partial charge is 0.310 e. The van der Waals surface area contributed by atoms with E-state index in [1.807, 2.05) is 11.8 Å². The van der Waals surface area contributed by atoms with Crippen molar-refractivity contribution < 1.29 is 0 Å². The maximum Gasteiger partial charge on any atom is 0.0741 e. The Bertz CT molecular complexity index is 3080. The fourth-order valence-corrected chi connectivity index (χ4v) is 11.7. The number of anilines is 3. The molecule has 2 aliphatic carbocycles.